The molecule has 8 nitrogen and oxygen atoms in total. The molecule has 4 fully saturated rings. The highest BCUT2D eigenvalue weighted by atomic mass is 16.7. The van der Waals surface area contributed by atoms with Crippen LogP contribution in [0.25, 0.3) is 0 Å². The molecular formula is C27H36O8. The number of fused-ring (bicyclic) bond motifs is 7. The largest absolute Gasteiger partial charge is 0.458 e. The van der Waals surface area contributed by atoms with E-state index >= 15 is 0 Å². The Kier molecular flexibility index (Phi) is 5.91. The van der Waals surface area contributed by atoms with Crippen LogP contribution >= 0.6 is 0 Å². The first-order valence-electron chi connectivity index (χ1n) is 12.8. The van der Waals surface area contributed by atoms with Crippen LogP contribution in [0.5, 0.6) is 0 Å². The molecule has 10 atom stereocenters. The van der Waals surface area contributed by atoms with E-state index in [1.54, 1.807) is 0 Å². The second-order valence-electron chi connectivity index (χ2n) is 11.5. The minimum Gasteiger partial charge on any atom is -0.458 e. The normalized spacial score (nSPS) is 47.9. The highest BCUT2D eigenvalue weighted by Gasteiger charge is 2.76. The maximum atomic E-state index is 13.8. The quantitative estimate of drug-likeness (QED) is 0.566. The first kappa shape index (κ1) is 24.8. The van der Waals surface area contributed by atoms with Crippen LogP contribution in [0.4, 0.5) is 0 Å². The lowest BCUT2D eigenvalue weighted by Gasteiger charge is -2.60. The van der Waals surface area contributed by atoms with Crippen LogP contribution in [0.2, 0.25) is 0 Å². The lowest BCUT2D eigenvalue weighted by Crippen LogP contribution is -2.64. The summed E-state index contributed by atoms with van der Waals surface area (Å²) in [4.78, 5) is 37.3. The summed E-state index contributed by atoms with van der Waals surface area (Å²) in [5, 5.41) is 22.8. The number of ether oxygens (including phenoxy) is 3. The zero-order valence-electron chi connectivity index (χ0n) is 20.9. The number of aliphatic hydroxyl groups is 2. The van der Waals surface area contributed by atoms with Crippen LogP contribution < -0.4 is 0 Å². The van der Waals surface area contributed by atoms with Gasteiger partial charge in [-0.15, -0.1) is 0 Å². The lowest BCUT2D eigenvalue weighted by molar-refractivity contribution is -0.204. The zero-order chi connectivity index (χ0) is 25.3. The molecule has 1 aliphatic heterocycles. The maximum Gasteiger partial charge on any atom is 0.303 e. The van der Waals surface area contributed by atoms with Gasteiger partial charge in [0.25, 0.3) is 0 Å². The van der Waals surface area contributed by atoms with Crippen molar-refractivity contribution in [2.45, 2.75) is 90.0 Å². The third kappa shape index (κ3) is 3.36. The number of aliphatic hydroxyl groups excluding tert-OH is 2. The highest BCUT2D eigenvalue weighted by molar-refractivity contribution is 6.01. The van der Waals surface area contributed by atoms with Crippen molar-refractivity contribution in [2.24, 2.45) is 28.6 Å². The summed E-state index contributed by atoms with van der Waals surface area (Å²) in [7, 11) is 0. The Hall–Kier alpha value is -1.87. The van der Waals surface area contributed by atoms with Crippen molar-refractivity contribution >= 4 is 17.5 Å². The van der Waals surface area contributed by atoms with Gasteiger partial charge in [-0.25, -0.2) is 0 Å². The molecule has 0 radical (unpaired) electrons. The summed E-state index contributed by atoms with van der Waals surface area (Å²) in [6.45, 7) is 6.85. The fourth-order valence-electron chi connectivity index (χ4n) is 8.34. The predicted octanol–water partition coefficient (Wildman–Crippen LogP) is 2.26. The number of allylic oxidation sites excluding steroid dienone is 3. The second kappa shape index (κ2) is 8.33. The van der Waals surface area contributed by atoms with Crippen LogP contribution in [0.3, 0.4) is 0 Å². The van der Waals surface area contributed by atoms with Crippen LogP contribution in [-0.4, -0.2) is 64.6 Å². The topological polar surface area (TPSA) is 119 Å². The molecule has 0 aromatic rings. The second-order valence-corrected chi connectivity index (χ2v) is 11.5. The summed E-state index contributed by atoms with van der Waals surface area (Å²) in [6.07, 6.45) is 4.93. The molecule has 1 saturated heterocycles. The lowest BCUT2D eigenvalue weighted by atomic mass is 9.45. The van der Waals surface area contributed by atoms with Crippen molar-refractivity contribution in [3.63, 3.8) is 0 Å². The Balaban J connectivity index is 1.55. The predicted molar refractivity (Wildman–Crippen MR) is 124 cm³/mol. The van der Waals surface area contributed by atoms with Gasteiger partial charge in [0, 0.05) is 23.7 Å². The fourth-order valence-corrected chi connectivity index (χ4v) is 8.34. The van der Waals surface area contributed by atoms with E-state index in [0.717, 1.165) is 6.42 Å². The summed E-state index contributed by atoms with van der Waals surface area (Å²) < 4.78 is 17.9. The van der Waals surface area contributed by atoms with Crippen LogP contribution in [0.15, 0.2) is 23.8 Å². The molecule has 5 aliphatic rings. The van der Waals surface area contributed by atoms with Gasteiger partial charge in [0.15, 0.2) is 24.3 Å². The van der Waals surface area contributed by atoms with Gasteiger partial charge in [0.2, 0.25) is 5.78 Å². The molecule has 35 heavy (non-hydrogen) atoms. The zero-order valence-corrected chi connectivity index (χ0v) is 20.9. The Morgan fingerprint density at radius 2 is 1.97 bits per heavy atom. The van der Waals surface area contributed by atoms with Gasteiger partial charge in [0.05, 0.1) is 18.3 Å². The van der Waals surface area contributed by atoms with E-state index < -0.39 is 53.6 Å². The minimum atomic E-state index is -1.33. The molecule has 0 amide bonds. The van der Waals surface area contributed by atoms with Crippen molar-refractivity contribution in [1.82, 2.24) is 0 Å². The van der Waals surface area contributed by atoms with E-state index in [2.05, 4.69) is 0 Å². The molecule has 3 saturated carbocycles. The number of esters is 1. The van der Waals surface area contributed by atoms with E-state index in [-0.39, 0.29) is 29.3 Å². The van der Waals surface area contributed by atoms with Crippen molar-refractivity contribution < 1.29 is 38.8 Å². The van der Waals surface area contributed by atoms with Crippen LogP contribution in [0, 0.1) is 28.6 Å². The Labute approximate surface area is 205 Å². The third-order valence-corrected chi connectivity index (χ3v) is 9.65. The molecule has 1 heterocycles. The Morgan fingerprint density at radius 3 is 2.66 bits per heavy atom. The third-order valence-electron chi connectivity index (χ3n) is 9.65. The first-order valence-corrected chi connectivity index (χ1v) is 12.8. The van der Waals surface area contributed by atoms with Gasteiger partial charge in [-0.2, -0.15) is 0 Å². The first-order chi connectivity index (χ1) is 16.5. The molecule has 4 aliphatic carbocycles. The van der Waals surface area contributed by atoms with E-state index in [9.17, 15) is 24.6 Å². The summed E-state index contributed by atoms with van der Waals surface area (Å²) in [5.74, 6) is -1.42. The Bertz CT molecular complexity index is 1000. The standard InChI is InChI=1S/C27H36O8/c1-5-6-23-34-22-11-17-16-10-19(30)18-9-15(29)7-8-25(18,3)24(16)20(31)12-26(17,4)27(22,35-23)21(32)13-33-14(2)28/h7-9,16-17,19-20,22-24,30-31H,5-6,10-13H2,1-4H3/t16-,17-,19-,20-,22+,23+,24+,25-,26-,27+/m0/s1. The van der Waals surface area contributed by atoms with Gasteiger partial charge >= 0.3 is 5.97 Å². The fraction of sp³-hybridized carbons (Fsp3) is 0.741. The summed E-state index contributed by atoms with van der Waals surface area (Å²) in [5.41, 5.74) is -2.11. The molecule has 192 valence electrons. The monoisotopic (exact) mass is 488 g/mol. The van der Waals surface area contributed by atoms with E-state index in [1.165, 1.54) is 19.1 Å². The van der Waals surface area contributed by atoms with Gasteiger partial charge in [-0.1, -0.05) is 33.3 Å². The molecule has 0 spiro atoms. The number of carbonyl (C=O) groups excluding carboxylic acids is 3. The number of rotatable bonds is 5. The summed E-state index contributed by atoms with van der Waals surface area (Å²) >= 11 is 0. The smallest absolute Gasteiger partial charge is 0.303 e. The van der Waals surface area contributed by atoms with E-state index in [1.807, 2.05) is 26.8 Å². The number of ketones is 2. The van der Waals surface area contributed by atoms with Gasteiger partial charge in [-0.3, -0.25) is 14.4 Å². The van der Waals surface area contributed by atoms with Crippen LogP contribution in [-0.2, 0) is 28.6 Å². The highest BCUT2D eigenvalue weighted by Crippen LogP contribution is 2.69. The van der Waals surface area contributed by atoms with E-state index in [0.29, 0.717) is 31.3 Å². The number of hydrogen-bond acceptors (Lipinski definition) is 8. The maximum absolute atomic E-state index is 13.8. The average Bonchev–Trinajstić information content (AvgIpc) is 3.26. The molecule has 0 aromatic heterocycles. The minimum absolute atomic E-state index is 0.0659. The molecule has 2 N–H and O–H groups in total. The molecule has 8 heteroatoms. The van der Waals surface area contributed by atoms with Gasteiger partial charge in [-0.05, 0) is 55.2 Å². The molecule has 5 rings (SSSR count). The molecule has 0 bridgehead atoms. The van der Waals surface area contributed by atoms with Crippen molar-refractivity contribution in [3.8, 4) is 0 Å². The molecular weight excluding hydrogens is 452 g/mol. The van der Waals surface area contributed by atoms with Gasteiger partial charge < -0.3 is 24.4 Å². The van der Waals surface area contributed by atoms with Crippen molar-refractivity contribution in [2.75, 3.05) is 6.61 Å². The van der Waals surface area contributed by atoms with Crippen molar-refractivity contribution in [3.05, 3.63) is 23.8 Å². The number of Topliss-reactive ketones (excluding diaryl/α,β-unsaturated/α-hetero) is 1. The average molecular weight is 489 g/mol. The van der Waals surface area contributed by atoms with Crippen LogP contribution in [0.1, 0.15) is 59.8 Å². The van der Waals surface area contributed by atoms with E-state index in [4.69, 9.17) is 14.2 Å². The molecule has 0 aromatic carbocycles. The Morgan fingerprint density at radius 1 is 1.23 bits per heavy atom. The summed E-state index contributed by atoms with van der Waals surface area (Å²) in [6, 6.07) is 0. The van der Waals surface area contributed by atoms with Crippen molar-refractivity contribution in [1.29, 1.82) is 0 Å². The SMILES string of the molecule is CCC[C@@H]1O[C@@H]2C[C@H]3[C@@H]4C[C@H](O)C5=CC(=O)C=C[C@]5(C)[C@H]4[C@@H](O)C[C@]3(C)[C@]2(C(=O)COC(C)=O)O1. The molecule has 0 unspecified atom stereocenters. The number of carbonyl (C=O) groups is 3. The number of hydrogen-bond donors (Lipinski definition) is 2. The van der Waals surface area contributed by atoms with Gasteiger partial charge in [0.1, 0.15) is 0 Å².